The van der Waals surface area contributed by atoms with E-state index >= 15 is 0 Å². The molecule has 0 aromatic carbocycles. The molecule has 126 valence electrons. The highest BCUT2D eigenvalue weighted by Gasteiger charge is 2.20. The van der Waals surface area contributed by atoms with E-state index in [1.807, 2.05) is 0 Å². The largest absolute Gasteiger partial charge is 0.390 e. The van der Waals surface area contributed by atoms with E-state index in [9.17, 15) is 9.90 Å². The van der Waals surface area contributed by atoms with Crippen molar-refractivity contribution in [2.75, 3.05) is 53.4 Å². The van der Waals surface area contributed by atoms with Crippen molar-refractivity contribution >= 4 is 5.91 Å². The highest BCUT2D eigenvalue weighted by Crippen LogP contribution is 2.20. The predicted octanol–water partition coefficient (Wildman–Crippen LogP) is 0.944. The molecule has 22 heavy (non-hydrogen) atoms. The molecule has 0 bridgehead atoms. The number of rotatable bonds is 6. The Labute approximate surface area is 134 Å². The van der Waals surface area contributed by atoms with Crippen molar-refractivity contribution in [2.45, 2.75) is 38.2 Å². The number of piperazine rings is 1. The molecule has 2 rings (SSSR count). The van der Waals surface area contributed by atoms with Gasteiger partial charge in [0.1, 0.15) is 0 Å². The van der Waals surface area contributed by atoms with Gasteiger partial charge in [0, 0.05) is 52.7 Å². The fourth-order valence-electron chi connectivity index (χ4n) is 3.20. The normalized spacial score (nSPS) is 22.2. The topological polar surface area (TPSA) is 47.0 Å². The van der Waals surface area contributed by atoms with Crippen molar-refractivity contribution in [3.8, 4) is 0 Å². The van der Waals surface area contributed by atoms with Crippen LogP contribution in [0.25, 0.3) is 0 Å². The lowest BCUT2D eigenvalue weighted by molar-refractivity contribution is -0.130. The van der Waals surface area contributed by atoms with Crippen LogP contribution >= 0.6 is 0 Å². The number of nitrogens with zero attached hydrogens (tertiary/aromatic N) is 3. The van der Waals surface area contributed by atoms with Crippen molar-refractivity contribution in [2.24, 2.45) is 0 Å². The number of aliphatic hydroxyl groups excluding tert-OH is 1. The smallest absolute Gasteiger partial charge is 0.226 e. The zero-order valence-electron chi connectivity index (χ0n) is 14.1. The average molecular weight is 309 g/mol. The summed E-state index contributed by atoms with van der Waals surface area (Å²) in [7, 11) is 3.93. The number of likely N-dealkylation sites (N-methyl/N-ethyl adjacent to an activating group) is 2. The van der Waals surface area contributed by atoms with Gasteiger partial charge in [-0.1, -0.05) is 11.6 Å². The van der Waals surface area contributed by atoms with Gasteiger partial charge in [0.15, 0.2) is 0 Å². The monoisotopic (exact) mass is 309 g/mol. The molecule has 1 saturated heterocycles. The van der Waals surface area contributed by atoms with Crippen molar-refractivity contribution in [1.29, 1.82) is 0 Å². The molecular weight excluding hydrogens is 278 g/mol. The van der Waals surface area contributed by atoms with E-state index in [0.29, 0.717) is 19.5 Å². The summed E-state index contributed by atoms with van der Waals surface area (Å²) >= 11 is 0. The van der Waals surface area contributed by atoms with Crippen molar-refractivity contribution in [3.05, 3.63) is 11.6 Å². The van der Waals surface area contributed by atoms with Crippen LogP contribution in [0.4, 0.5) is 0 Å². The van der Waals surface area contributed by atoms with Gasteiger partial charge in [0.2, 0.25) is 5.91 Å². The molecule has 2 aliphatic rings. The number of β-amino-alcohol motifs (C(OH)–C–C–N with tert-alkyl or cyclic N) is 1. The van der Waals surface area contributed by atoms with Crippen LogP contribution in [0.15, 0.2) is 11.6 Å². The second kappa shape index (κ2) is 8.65. The molecule has 1 fully saturated rings. The van der Waals surface area contributed by atoms with Crippen LogP contribution in [0.3, 0.4) is 0 Å². The van der Waals surface area contributed by atoms with Gasteiger partial charge in [-0.15, -0.1) is 0 Å². The molecule has 5 heteroatoms. The molecule has 0 aromatic rings. The molecule has 0 radical (unpaired) electrons. The molecule has 1 amide bonds. The quantitative estimate of drug-likeness (QED) is 0.742. The van der Waals surface area contributed by atoms with E-state index in [2.05, 4.69) is 22.9 Å². The van der Waals surface area contributed by atoms with E-state index in [-0.39, 0.29) is 5.91 Å². The van der Waals surface area contributed by atoms with Crippen LogP contribution in [0.2, 0.25) is 0 Å². The SMILES string of the molecule is CN1CCN(C[C@@H](O)CN(C)C(=O)CC2=CCCCC2)CC1. The number of carbonyl (C=O) groups is 1. The lowest BCUT2D eigenvalue weighted by atomic mass is 9.97. The van der Waals surface area contributed by atoms with E-state index in [1.165, 1.54) is 18.4 Å². The minimum absolute atomic E-state index is 0.130. The Morgan fingerprint density at radius 1 is 1.32 bits per heavy atom. The van der Waals surface area contributed by atoms with Crippen molar-refractivity contribution < 1.29 is 9.90 Å². The zero-order chi connectivity index (χ0) is 15.9. The van der Waals surface area contributed by atoms with Crippen LogP contribution in [0, 0.1) is 0 Å². The second-order valence-corrected chi connectivity index (χ2v) is 6.82. The van der Waals surface area contributed by atoms with Crippen LogP contribution in [-0.2, 0) is 4.79 Å². The van der Waals surface area contributed by atoms with Gasteiger partial charge >= 0.3 is 0 Å². The minimum Gasteiger partial charge on any atom is -0.390 e. The fourth-order valence-corrected chi connectivity index (χ4v) is 3.20. The van der Waals surface area contributed by atoms with Crippen molar-refractivity contribution in [3.63, 3.8) is 0 Å². The summed E-state index contributed by atoms with van der Waals surface area (Å²) in [6, 6.07) is 0. The highest BCUT2D eigenvalue weighted by molar-refractivity contribution is 5.78. The van der Waals surface area contributed by atoms with Crippen LogP contribution in [0.1, 0.15) is 32.1 Å². The number of hydrogen-bond acceptors (Lipinski definition) is 4. The van der Waals surface area contributed by atoms with Crippen LogP contribution in [0.5, 0.6) is 0 Å². The van der Waals surface area contributed by atoms with Crippen LogP contribution in [-0.4, -0.2) is 85.2 Å². The summed E-state index contributed by atoms with van der Waals surface area (Å²) < 4.78 is 0. The molecule has 0 unspecified atom stereocenters. The number of amides is 1. The number of aliphatic hydroxyl groups is 1. The molecule has 0 spiro atoms. The first-order chi connectivity index (χ1) is 10.5. The zero-order valence-corrected chi connectivity index (χ0v) is 14.1. The predicted molar refractivity (Wildman–Crippen MR) is 88.7 cm³/mol. The standard InChI is InChI=1S/C17H31N3O2/c1-18-8-10-20(11-9-18)14-16(21)13-19(2)17(22)12-15-6-4-3-5-7-15/h6,16,21H,3-5,7-14H2,1-2H3/t16-/m0/s1. The number of hydrogen-bond donors (Lipinski definition) is 1. The lowest BCUT2D eigenvalue weighted by Gasteiger charge is -2.34. The average Bonchev–Trinajstić information content (AvgIpc) is 2.50. The van der Waals surface area contributed by atoms with E-state index < -0.39 is 6.10 Å². The maximum absolute atomic E-state index is 12.2. The summed E-state index contributed by atoms with van der Waals surface area (Å²) in [5.74, 6) is 0.130. The summed E-state index contributed by atoms with van der Waals surface area (Å²) in [6.45, 7) is 5.19. The number of allylic oxidation sites excluding steroid dienone is 1. The fraction of sp³-hybridized carbons (Fsp3) is 0.824. The van der Waals surface area contributed by atoms with E-state index in [1.54, 1.807) is 11.9 Å². The van der Waals surface area contributed by atoms with Crippen molar-refractivity contribution in [1.82, 2.24) is 14.7 Å². The molecule has 1 atom stereocenters. The maximum Gasteiger partial charge on any atom is 0.226 e. The third kappa shape index (κ3) is 5.71. The summed E-state index contributed by atoms with van der Waals surface area (Å²) in [5, 5.41) is 10.2. The summed E-state index contributed by atoms with van der Waals surface area (Å²) in [6.07, 6.45) is 6.90. The molecular formula is C17H31N3O2. The Bertz CT molecular complexity index is 389. The minimum atomic E-state index is -0.460. The third-order valence-electron chi connectivity index (χ3n) is 4.74. The van der Waals surface area contributed by atoms with Gasteiger partial charge in [-0.2, -0.15) is 0 Å². The first-order valence-electron chi connectivity index (χ1n) is 8.55. The van der Waals surface area contributed by atoms with Gasteiger partial charge in [-0.05, 0) is 32.7 Å². The van der Waals surface area contributed by atoms with Gasteiger partial charge in [0.25, 0.3) is 0 Å². The highest BCUT2D eigenvalue weighted by atomic mass is 16.3. The molecule has 1 aliphatic carbocycles. The summed E-state index contributed by atoms with van der Waals surface area (Å²) in [5.41, 5.74) is 1.27. The maximum atomic E-state index is 12.2. The van der Waals surface area contributed by atoms with E-state index in [0.717, 1.165) is 39.0 Å². The molecule has 0 saturated carbocycles. The van der Waals surface area contributed by atoms with Gasteiger partial charge in [0.05, 0.1) is 6.10 Å². The Hall–Kier alpha value is -0.910. The molecule has 1 heterocycles. The number of carbonyl (C=O) groups excluding carboxylic acids is 1. The Kier molecular flexibility index (Phi) is 6.86. The summed E-state index contributed by atoms with van der Waals surface area (Å²) in [4.78, 5) is 18.5. The Morgan fingerprint density at radius 3 is 2.68 bits per heavy atom. The van der Waals surface area contributed by atoms with Gasteiger partial charge in [-0.3, -0.25) is 9.69 Å². The Balaban J connectivity index is 1.69. The molecule has 5 nitrogen and oxygen atoms in total. The Morgan fingerprint density at radius 2 is 2.05 bits per heavy atom. The second-order valence-electron chi connectivity index (χ2n) is 6.82. The molecule has 1 aliphatic heterocycles. The third-order valence-corrected chi connectivity index (χ3v) is 4.74. The van der Waals surface area contributed by atoms with Gasteiger partial charge in [-0.25, -0.2) is 0 Å². The first kappa shape index (κ1) is 17.4. The molecule has 1 N–H and O–H groups in total. The first-order valence-corrected chi connectivity index (χ1v) is 8.55. The van der Waals surface area contributed by atoms with Crippen LogP contribution < -0.4 is 0 Å². The molecule has 0 aromatic heterocycles. The van der Waals surface area contributed by atoms with Gasteiger partial charge < -0.3 is 14.9 Å². The van der Waals surface area contributed by atoms with E-state index in [4.69, 9.17) is 0 Å². The lowest BCUT2D eigenvalue weighted by Crippen LogP contribution is -2.49.